The monoisotopic (exact) mass is 611 g/mol. The van der Waals surface area contributed by atoms with Crippen LogP contribution in [0, 0.1) is 0 Å². The standard InChI is InChI=1S/C33H42ClN3O6/c1-4-5-6-7-8-9-10-11-12-16-22-43-28(39)25-20-17-21-26(23-25)35-29(40)33(34,27(38)24-18-14-13-15-19-24)37-30(41)32(2,3)36-31(37)42/h13-15,17-21,23H,4-12,16,22H2,1-3H3,(H,35,40)(H,36,42). The SMILES string of the molecule is CCCCCCCCCCCCOC(=O)c1cccc(NC(=O)C(Cl)(C(=O)c2ccccc2)N2C(=O)NC(C)(C)C2=O)c1. The van der Waals surface area contributed by atoms with Crippen molar-refractivity contribution in [3.63, 3.8) is 0 Å². The highest BCUT2D eigenvalue weighted by molar-refractivity contribution is 6.51. The maximum atomic E-state index is 13.7. The molecule has 2 aromatic rings. The van der Waals surface area contributed by atoms with Gasteiger partial charge in [-0.2, -0.15) is 0 Å². The third-order valence-electron chi connectivity index (χ3n) is 7.39. The van der Waals surface area contributed by atoms with Crippen molar-refractivity contribution in [3.05, 3.63) is 65.7 Å². The Morgan fingerprint density at radius 2 is 1.44 bits per heavy atom. The van der Waals surface area contributed by atoms with E-state index in [1.807, 2.05) is 0 Å². The van der Waals surface area contributed by atoms with Gasteiger partial charge >= 0.3 is 12.0 Å². The molecule has 1 saturated heterocycles. The van der Waals surface area contributed by atoms with Crippen molar-refractivity contribution in [3.8, 4) is 0 Å². The zero-order valence-electron chi connectivity index (χ0n) is 25.2. The van der Waals surface area contributed by atoms with E-state index in [0.29, 0.717) is 4.90 Å². The summed E-state index contributed by atoms with van der Waals surface area (Å²) >= 11 is 6.70. The molecule has 0 radical (unpaired) electrons. The number of hydrogen-bond acceptors (Lipinski definition) is 6. The van der Waals surface area contributed by atoms with Crippen molar-refractivity contribution >= 4 is 46.9 Å². The lowest BCUT2D eigenvalue weighted by atomic mass is 9.99. The van der Waals surface area contributed by atoms with Gasteiger partial charge in [0.2, 0.25) is 5.78 Å². The Labute approximate surface area is 258 Å². The second-order valence-corrected chi connectivity index (χ2v) is 11.9. The first-order valence-electron chi connectivity index (χ1n) is 15.1. The van der Waals surface area contributed by atoms with Gasteiger partial charge in [-0.1, -0.05) is 113 Å². The van der Waals surface area contributed by atoms with Crippen LogP contribution in [0.5, 0.6) is 0 Å². The van der Waals surface area contributed by atoms with E-state index in [1.165, 1.54) is 83.1 Å². The fraction of sp³-hybridized carbons (Fsp3) is 0.485. The van der Waals surface area contributed by atoms with Gasteiger partial charge in [0.15, 0.2) is 0 Å². The number of benzene rings is 2. The molecule has 0 aromatic heterocycles. The summed E-state index contributed by atoms with van der Waals surface area (Å²) in [4.78, 5) is 63.6. The van der Waals surface area contributed by atoms with E-state index in [0.717, 1.165) is 19.3 Å². The van der Waals surface area contributed by atoms with Gasteiger partial charge in [0.25, 0.3) is 16.8 Å². The summed E-state index contributed by atoms with van der Waals surface area (Å²) in [5, 5.41) is 4.97. The normalized spacial score (nSPS) is 15.5. The number of rotatable bonds is 17. The minimum Gasteiger partial charge on any atom is -0.462 e. The number of nitrogens with one attached hydrogen (secondary N) is 2. The Kier molecular flexibility index (Phi) is 12.3. The van der Waals surface area contributed by atoms with Gasteiger partial charge in [-0.3, -0.25) is 14.4 Å². The van der Waals surface area contributed by atoms with E-state index in [-0.39, 0.29) is 23.4 Å². The molecule has 43 heavy (non-hydrogen) atoms. The van der Waals surface area contributed by atoms with Crippen LogP contribution in [0.4, 0.5) is 10.5 Å². The topological polar surface area (TPSA) is 122 Å². The quantitative estimate of drug-likeness (QED) is 0.0384. The molecule has 2 N–H and O–H groups in total. The Balaban J connectivity index is 1.63. The van der Waals surface area contributed by atoms with Crippen LogP contribution in [0.2, 0.25) is 0 Å². The van der Waals surface area contributed by atoms with E-state index in [4.69, 9.17) is 16.3 Å². The zero-order valence-corrected chi connectivity index (χ0v) is 26.0. The van der Waals surface area contributed by atoms with Crippen LogP contribution in [0.25, 0.3) is 0 Å². The molecule has 0 saturated carbocycles. The first-order chi connectivity index (χ1) is 20.5. The van der Waals surface area contributed by atoms with Crippen molar-refractivity contribution in [1.29, 1.82) is 0 Å². The summed E-state index contributed by atoms with van der Waals surface area (Å²) in [6, 6.07) is 12.7. The smallest absolute Gasteiger partial charge is 0.338 e. The summed E-state index contributed by atoms with van der Waals surface area (Å²) in [6.45, 7) is 5.38. The maximum Gasteiger partial charge on any atom is 0.338 e. The summed E-state index contributed by atoms with van der Waals surface area (Å²) in [5.41, 5.74) is -1.03. The van der Waals surface area contributed by atoms with Gasteiger partial charge in [-0.15, -0.1) is 0 Å². The second-order valence-electron chi connectivity index (χ2n) is 11.4. The highest BCUT2D eigenvalue weighted by Gasteiger charge is 2.61. The molecule has 1 fully saturated rings. The molecule has 0 spiro atoms. The minimum atomic E-state index is -2.73. The number of carbonyl (C=O) groups is 5. The molecule has 2 aromatic carbocycles. The molecule has 9 nitrogen and oxygen atoms in total. The molecule has 4 amide bonds. The molecule has 10 heteroatoms. The fourth-order valence-electron chi connectivity index (χ4n) is 4.89. The fourth-order valence-corrected chi connectivity index (χ4v) is 5.20. The predicted octanol–water partition coefficient (Wildman–Crippen LogP) is 6.85. The van der Waals surface area contributed by atoms with Gasteiger partial charge in [0.1, 0.15) is 5.54 Å². The molecule has 3 rings (SSSR count). The van der Waals surface area contributed by atoms with Gasteiger partial charge in [0.05, 0.1) is 12.2 Å². The number of ketones is 1. The molecule has 0 bridgehead atoms. The number of Topliss-reactive ketones (excluding diaryl/α,β-unsaturated/α-hetero) is 1. The third-order valence-corrected chi connectivity index (χ3v) is 7.91. The number of alkyl halides is 1. The number of nitrogens with zero attached hydrogens (tertiary/aromatic N) is 1. The second kappa shape index (κ2) is 15.7. The Bertz CT molecular complexity index is 1300. The number of urea groups is 1. The molecular weight excluding hydrogens is 570 g/mol. The molecule has 1 aliphatic heterocycles. The minimum absolute atomic E-state index is 0.0299. The third kappa shape index (κ3) is 8.66. The first kappa shape index (κ1) is 33.8. The average Bonchev–Trinajstić information content (AvgIpc) is 3.21. The number of esters is 1. The van der Waals surface area contributed by atoms with Crippen molar-refractivity contribution in [2.75, 3.05) is 11.9 Å². The van der Waals surface area contributed by atoms with E-state index >= 15 is 0 Å². The molecule has 1 unspecified atom stereocenters. The summed E-state index contributed by atoms with van der Waals surface area (Å²) in [7, 11) is 0. The summed E-state index contributed by atoms with van der Waals surface area (Å²) in [6.07, 6.45) is 11.7. The van der Waals surface area contributed by atoms with Crippen LogP contribution in [0.3, 0.4) is 0 Å². The Morgan fingerprint density at radius 3 is 2.02 bits per heavy atom. The number of anilines is 1. The number of hydrogen-bond donors (Lipinski definition) is 2. The van der Waals surface area contributed by atoms with Gasteiger partial charge in [-0.05, 0) is 38.5 Å². The first-order valence-corrected chi connectivity index (χ1v) is 15.4. The van der Waals surface area contributed by atoms with Gasteiger partial charge < -0.3 is 15.4 Å². The Hall–Kier alpha value is -3.72. The summed E-state index contributed by atoms with van der Waals surface area (Å²) < 4.78 is 5.42. The largest absolute Gasteiger partial charge is 0.462 e. The van der Waals surface area contributed by atoms with E-state index in [9.17, 15) is 24.0 Å². The lowest BCUT2D eigenvalue weighted by Crippen LogP contribution is -2.61. The number of carbonyl (C=O) groups excluding carboxylic acids is 5. The molecular formula is C33H42ClN3O6. The Morgan fingerprint density at radius 1 is 0.860 bits per heavy atom. The average molecular weight is 612 g/mol. The van der Waals surface area contributed by atoms with Crippen molar-refractivity contribution < 1.29 is 28.7 Å². The highest BCUT2D eigenvalue weighted by atomic mass is 35.5. The lowest BCUT2D eigenvalue weighted by Gasteiger charge is -2.32. The molecule has 0 aliphatic carbocycles. The van der Waals surface area contributed by atoms with E-state index in [2.05, 4.69) is 17.6 Å². The van der Waals surface area contributed by atoms with Gasteiger partial charge in [-0.25, -0.2) is 14.5 Å². The molecule has 1 aliphatic rings. The number of ether oxygens (including phenoxy) is 1. The lowest BCUT2D eigenvalue weighted by molar-refractivity contribution is -0.136. The highest BCUT2D eigenvalue weighted by Crippen LogP contribution is 2.34. The molecule has 232 valence electrons. The molecule has 1 atom stereocenters. The number of halogens is 1. The van der Waals surface area contributed by atoms with Crippen LogP contribution in [0.1, 0.15) is 106 Å². The predicted molar refractivity (Wildman–Crippen MR) is 166 cm³/mol. The number of amides is 4. The number of imide groups is 1. The van der Waals surface area contributed by atoms with Crippen molar-refractivity contribution in [2.24, 2.45) is 0 Å². The van der Waals surface area contributed by atoms with Crippen molar-refractivity contribution in [2.45, 2.75) is 95.5 Å². The van der Waals surface area contributed by atoms with Crippen LogP contribution in [-0.2, 0) is 14.3 Å². The van der Waals surface area contributed by atoms with Crippen molar-refractivity contribution in [1.82, 2.24) is 10.2 Å². The van der Waals surface area contributed by atoms with E-state index in [1.54, 1.807) is 30.3 Å². The number of unbranched alkanes of at least 4 members (excludes halogenated alkanes) is 9. The van der Waals surface area contributed by atoms with Crippen LogP contribution >= 0.6 is 11.6 Å². The molecule has 1 heterocycles. The zero-order chi connectivity index (χ0) is 31.5. The van der Waals surface area contributed by atoms with Crippen LogP contribution in [-0.4, -0.2) is 51.6 Å². The van der Waals surface area contributed by atoms with Crippen LogP contribution < -0.4 is 10.6 Å². The van der Waals surface area contributed by atoms with Gasteiger partial charge in [0, 0.05) is 11.3 Å². The maximum absolute atomic E-state index is 13.7. The summed E-state index contributed by atoms with van der Waals surface area (Å²) in [5.74, 6) is -3.47. The van der Waals surface area contributed by atoms with Crippen LogP contribution in [0.15, 0.2) is 54.6 Å². The van der Waals surface area contributed by atoms with E-state index < -0.39 is 40.1 Å².